The van der Waals surface area contributed by atoms with E-state index in [1.807, 2.05) is 15.3 Å². The summed E-state index contributed by atoms with van der Waals surface area (Å²) in [7, 11) is 0. The van der Waals surface area contributed by atoms with E-state index in [0.717, 1.165) is 44.6 Å². The first kappa shape index (κ1) is 12.8. The quantitative estimate of drug-likeness (QED) is 0.605. The molecule has 3 rings (SSSR count). The van der Waals surface area contributed by atoms with Crippen molar-refractivity contribution in [2.75, 3.05) is 30.2 Å². The molecular weight excluding hydrogens is 260 g/mol. The number of fused-ring (bicyclic) bond motifs is 2. The monoisotopic (exact) mass is 278 g/mol. The zero-order valence-electron chi connectivity index (χ0n) is 11.0. The Hall–Kier alpha value is -1.20. The van der Waals surface area contributed by atoms with Crippen LogP contribution in [-0.2, 0) is 21.6 Å². The highest BCUT2D eigenvalue weighted by molar-refractivity contribution is 7.92. The predicted molar refractivity (Wildman–Crippen MR) is 76.4 cm³/mol. The molecule has 0 bridgehead atoms. The van der Waals surface area contributed by atoms with E-state index in [9.17, 15) is 9.35 Å². The molecular formula is C14H18N2O2S. The first-order chi connectivity index (χ1) is 9.16. The Kier molecular flexibility index (Phi) is 3.19. The summed E-state index contributed by atoms with van der Waals surface area (Å²) in [5, 5.41) is 0. The normalized spacial score (nSPS) is 22.4. The Morgan fingerprint density at radius 2 is 2.00 bits per heavy atom. The number of carbonyl (C=O) groups is 1. The molecule has 4 nitrogen and oxygen atoms in total. The van der Waals surface area contributed by atoms with Gasteiger partial charge in [0.1, 0.15) is 6.26 Å². The molecule has 1 fully saturated rings. The number of likely N-dealkylation sites (tertiary alicyclic amines) is 1. The van der Waals surface area contributed by atoms with E-state index in [-0.39, 0.29) is 5.41 Å². The maximum atomic E-state index is 11.9. The van der Waals surface area contributed by atoms with Crippen molar-refractivity contribution in [2.24, 2.45) is 0 Å². The van der Waals surface area contributed by atoms with Gasteiger partial charge in [0.15, 0.2) is 0 Å². The van der Waals surface area contributed by atoms with E-state index in [0.29, 0.717) is 0 Å². The molecule has 5 heteroatoms. The van der Waals surface area contributed by atoms with Crippen molar-refractivity contribution in [1.29, 1.82) is 0 Å². The fourth-order valence-electron chi connectivity index (χ4n) is 3.30. The number of rotatable bonds is 2. The first-order valence-corrected chi connectivity index (χ1v) is 8.08. The molecule has 1 atom stereocenters. The Morgan fingerprint density at radius 3 is 2.63 bits per heavy atom. The summed E-state index contributed by atoms with van der Waals surface area (Å²) in [5.74, 6) is 0. The smallest absolute Gasteiger partial charge is 0.209 e. The third kappa shape index (κ3) is 2.01. The molecule has 1 aromatic carbocycles. The molecule has 2 heterocycles. The van der Waals surface area contributed by atoms with Crippen LogP contribution in [0.2, 0.25) is 0 Å². The van der Waals surface area contributed by atoms with Crippen LogP contribution in [0.1, 0.15) is 18.4 Å². The summed E-state index contributed by atoms with van der Waals surface area (Å²) in [6.07, 6.45) is 4.58. The van der Waals surface area contributed by atoms with Gasteiger partial charge in [-0.15, -0.1) is 0 Å². The Bertz CT molecular complexity index is 484. The van der Waals surface area contributed by atoms with E-state index in [2.05, 4.69) is 18.2 Å². The van der Waals surface area contributed by atoms with Crippen LogP contribution >= 0.6 is 0 Å². The summed E-state index contributed by atoms with van der Waals surface area (Å²) < 4.78 is 13.9. The van der Waals surface area contributed by atoms with Crippen molar-refractivity contribution in [3.05, 3.63) is 29.8 Å². The molecule has 19 heavy (non-hydrogen) atoms. The highest BCUT2D eigenvalue weighted by Gasteiger charge is 2.47. The number of piperidine rings is 1. The lowest BCUT2D eigenvalue weighted by atomic mass is 9.74. The molecule has 0 aromatic heterocycles. The Labute approximate surface area is 116 Å². The van der Waals surface area contributed by atoms with Crippen molar-refractivity contribution in [3.8, 4) is 0 Å². The lowest BCUT2D eigenvalue weighted by Crippen LogP contribution is -2.45. The number of benzene rings is 1. The molecule has 1 spiro atoms. The number of amides is 1. The molecule has 1 amide bonds. The van der Waals surface area contributed by atoms with Crippen molar-refractivity contribution < 1.29 is 9.35 Å². The molecule has 1 aromatic rings. The second kappa shape index (κ2) is 4.72. The van der Waals surface area contributed by atoms with Gasteiger partial charge in [0.05, 0.1) is 23.6 Å². The number of carbonyl (C=O) groups excluding carboxylic acids is 1. The van der Waals surface area contributed by atoms with Gasteiger partial charge in [-0.1, -0.05) is 18.2 Å². The minimum absolute atomic E-state index is 0.0712. The minimum Gasteiger partial charge on any atom is -0.593 e. The topological polar surface area (TPSA) is 46.6 Å². The van der Waals surface area contributed by atoms with Gasteiger partial charge in [-0.25, -0.2) is 0 Å². The standard InChI is InChI=1S/C14H18N2O2S/c1-19(18)16-10-14(6-8-15(11-17)9-7-14)12-4-2-3-5-13(12)16/h2-5,11H,6-10H2,1H3. The molecule has 0 saturated carbocycles. The molecule has 102 valence electrons. The summed E-state index contributed by atoms with van der Waals surface area (Å²) in [6, 6.07) is 8.25. The van der Waals surface area contributed by atoms with Crippen molar-refractivity contribution in [2.45, 2.75) is 18.3 Å². The summed E-state index contributed by atoms with van der Waals surface area (Å²) in [5.41, 5.74) is 2.47. The molecule has 1 unspecified atom stereocenters. The molecule has 0 aliphatic carbocycles. The van der Waals surface area contributed by atoms with Gasteiger partial charge >= 0.3 is 0 Å². The highest BCUT2D eigenvalue weighted by atomic mass is 32.2. The number of nitrogens with zero attached hydrogens (tertiary/aromatic N) is 2. The fraction of sp³-hybridized carbons (Fsp3) is 0.500. The van der Waals surface area contributed by atoms with Crippen LogP contribution in [-0.4, -0.2) is 41.8 Å². The first-order valence-electron chi connectivity index (χ1n) is 6.56. The molecule has 1 saturated heterocycles. The average Bonchev–Trinajstić information content (AvgIpc) is 2.76. The third-order valence-electron chi connectivity index (χ3n) is 4.40. The number of para-hydroxylation sites is 1. The van der Waals surface area contributed by atoms with Crippen molar-refractivity contribution in [3.63, 3.8) is 0 Å². The summed E-state index contributed by atoms with van der Waals surface area (Å²) in [6.45, 7) is 2.40. The summed E-state index contributed by atoms with van der Waals surface area (Å²) in [4.78, 5) is 12.7. The Balaban J connectivity index is 1.94. The lowest BCUT2D eigenvalue weighted by molar-refractivity contribution is -0.119. The van der Waals surface area contributed by atoms with Gasteiger partial charge in [0.2, 0.25) is 6.41 Å². The van der Waals surface area contributed by atoms with Crippen LogP contribution < -0.4 is 4.31 Å². The minimum atomic E-state index is -0.990. The van der Waals surface area contributed by atoms with Gasteiger partial charge in [-0.3, -0.25) is 4.79 Å². The largest absolute Gasteiger partial charge is 0.593 e. The fourth-order valence-corrected chi connectivity index (χ4v) is 4.16. The number of anilines is 1. The second-order valence-electron chi connectivity index (χ2n) is 5.40. The summed E-state index contributed by atoms with van der Waals surface area (Å²) >= 11 is -0.990. The molecule has 0 N–H and O–H groups in total. The maximum Gasteiger partial charge on any atom is 0.209 e. The van der Waals surface area contributed by atoms with Crippen LogP contribution in [0.4, 0.5) is 5.69 Å². The SMILES string of the molecule is C[S+]([O-])N1CC2(CCN(C=O)CC2)c2ccccc21. The van der Waals surface area contributed by atoms with Gasteiger partial charge < -0.3 is 9.45 Å². The van der Waals surface area contributed by atoms with Crippen LogP contribution in [0.3, 0.4) is 0 Å². The van der Waals surface area contributed by atoms with E-state index >= 15 is 0 Å². The van der Waals surface area contributed by atoms with Crippen molar-refractivity contribution in [1.82, 2.24) is 4.90 Å². The average molecular weight is 278 g/mol. The van der Waals surface area contributed by atoms with E-state index in [1.165, 1.54) is 5.56 Å². The van der Waals surface area contributed by atoms with Gasteiger partial charge in [0.25, 0.3) is 0 Å². The third-order valence-corrected chi connectivity index (χ3v) is 5.35. The van der Waals surface area contributed by atoms with E-state index in [1.54, 1.807) is 6.26 Å². The Morgan fingerprint density at radius 1 is 1.32 bits per heavy atom. The highest BCUT2D eigenvalue weighted by Crippen LogP contribution is 2.47. The molecule has 2 aliphatic rings. The predicted octanol–water partition coefficient (Wildman–Crippen LogP) is 1.29. The van der Waals surface area contributed by atoms with E-state index < -0.39 is 11.4 Å². The van der Waals surface area contributed by atoms with Crippen LogP contribution in [0, 0.1) is 0 Å². The van der Waals surface area contributed by atoms with E-state index in [4.69, 9.17) is 0 Å². The maximum absolute atomic E-state index is 11.9. The molecule has 2 aliphatic heterocycles. The van der Waals surface area contributed by atoms with Crippen LogP contribution in [0.5, 0.6) is 0 Å². The van der Waals surface area contributed by atoms with Crippen molar-refractivity contribution >= 4 is 23.5 Å². The van der Waals surface area contributed by atoms with Gasteiger partial charge in [-0.05, 0) is 24.5 Å². The lowest BCUT2D eigenvalue weighted by Gasteiger charge is -2.38. The zero-order chi connectivity index (χ0) is 13.5. The zero-order valence-corrected chi connectivity index (χ0v) is 11.9. The van der Waals surface area contributed by atoms with Crippen LogP contribution in [0.15, 0.2) is 24.3 Å². The van der Waals surface area contributed by atoms with Gasteiger partial charge in [-0.2, -0.15) is 4.31 Å². The second-order valence-corrected chi connectivity index (χ2v) is 6.69. The van der Waals surface area contributed by atoms with Crippen LogP contribution in [0.25, 0.3) is 0 Å². The molecule has 0 radical (unpaired) electrons. The number of hydrogen-bond acceptors (Lipinski definition) is 3. The number of hydrogen-bond donors (Lipinski definition) is 0. The van der Waals surface area contributed by atoms with Gasteiger partial charge in [0, 0.05) is 18.5 Å².